The number of amides is 1. The maximum Gasteiger partial charge on any atom is 0.410 e. The third-order valence-electron chi connectivity index (χ3n) is 3.32. The second kappa shape index (κ2) is 6.41. The lowest BCUT2D eigenvalue weighted by Crippen LogP contribution is -2.47. The fourth-order valence-corrected chi connectivity index (χ4v) is 2.35. The first-order chi connectivity index (χ1) is 8.33. The van der Waals surface area contributed by atoms with Gasteiger partial charge in [0.2, 0.25) is 0 Å². The van der Waals surface area contributed by atoms with Gasteiger partial charge in [-0.1, -0.05) is 6.92 Å². The van der Waals surface area contributed by atoms with Crippen LogP contribution >= 0.6 is 0 Å². The summed E-state index contributed by atoms with van der Waals surface area (Å²) in [5.41, 5.74) is -0.396. The van der Waals surface area contributed by atoms with E-state index in [9.17, 15) is 4.79 Å². The molecule has 0 radical (unpaired) electrons. The number of likely N-dealkylation sites (tertiary alicyclic amines) is 1. The van der Waals surface area contributed by atoms with Crippen molar-refractivity contribution in [1.82, 2.24) is 9.80 Å². The highest BCUT2D eigenvalue weighted by atomic mass is 16.6. The number of carbonyl (C=O) groups is 1. The molecular formula is C14H28N2O2. The standard InChI is InChI=1S/C14H28N2O2/c1-6-9-15(5)12-7-10-16(11-8-12)13(17)18-14(2,3)4/h12H,6-11H2,1-5H3. The van der Waals surface area contributed by atoms with E-state index in [0.29, 0.717) is 6.04 Å². The summed E-state index contributed by atoms with van der Waals surface area (Å²) in [6, 6.07) is 0.614. The second-order valence-electron chi connectivity index (χ2n) is 6.18. The zero-order chi connectivity index (χ0) is 13.8. The third kappa shape index (κ3) is 4.84. The number of ether oxygens (including phenoxy) is 1. The number of nitrogens with zero attached hydrogens (tertiary/aromatic N) is 2. The molecule has 1 saturated heterocycles. The van der Waals surface area contributed by atoms with Gasteiger partial charge in [-0.2, -0.15) is 0 Å². The Morgan fingerprint density at radius 1 is 1.33 bits per heavy atom. The van der Waals surface area contributed by atoms with Crippen LogP contribution < -0.4 is 0 Å². The van der Waals surface area contributed by atoms with Gasteiger partial charge >= 0.3 is 6.09 Å². The lowest BCUT2D eigenvalue weighted by atomic mass is 10.0. The van der Waals surface area contributed by atoms with Crippen molar-refractivity contribution in [3.05, 3.63) is 0 Å². The molecule has 0 spiro atoms. The molecule has 1 amide bonds. The predicted molar refractivity (Wildman–Crippen MR) is 73.8 cm³/mol. The summed E-state index contributed by atoms with van der Waals surface area (Å²) in [4.78, 5) is 16.2. The quantitative estimate of drug-likeness (QED) is 0.778. The van der Waals surface area contributed by atoms with E-state index in [1.165, 1.54) is 6.42 Å². The topological polar surface area (TPSA) is 32.8 Å². The molecule has 1 aliphatic heterocycles. The minimum Gasteiger partial charge on any atom is -0.444 e. The van der Waals surface area contributed by atoms with Crippen LogP contribution in [0.3, 0.4) is 0 Å². The van der Waals surface area contributed by atoms with Gasteiger partial charge in [-0.15, -0.1) is 0 Å². The van der Waals surface area contributed by atoms with Crippen molar-refractivity contribution >= 4 is 6.09 Å². The van der Waals surface area contributed by atoms with Gasteiger partial charge in [0.1, 0.15) is 5.60 Å². The maximum absolute atomic E-state index is 11.9. The molecule has 0 bridgehead atoms. The van der Waals surface area contributed by atoms with Gasteiger partial charge in [0.15, 0.2) is 0 Å². The number of piperidine rings is 1. The van der Waals surface area contributed by atoms with Crippen LogP contribution in [0.4, 0.5) is 4.79 Å². The summed E-state index contributed by atoms with van der Waals surface area (Å²) in [6.45, 7) is 10.7. The monoisotopic (exact) mass is 256 g/mol. The molecule has 1 fully saturated rings. The average Bonchev–Trinajstić information content (AvgIpc) is 2.27. The van der Waals surface area contributed by atoms with E-state index in [1.54, 1.807) is 0 Å². The number of carbonyl (C=O) groups excluding carboxylic acids is 1. The summed E-state index contributed by atoms with van der Waals surface area (Å²) >= 11 is 0. The molecular weight excluding hydrogens is 228 g/mol. The predicted octanol–water partition coefficient (Wildman–Crippen LogP) is 2.73. The van der Waals surface area contributed by atoms with Crippen molar-refractivity contribution in [3.8, 4) is 0 Å². The Balaban J connectivity index is 2.37. The molecule has 1 rings (SSSR count). The SMILES string of the molecule is CCCN(C)C1CCN(C(=O)OC(C)(C)C)CC1. The van der Waals surface area contributed by atoms with Crippen molar-refractivity contribution in [2.24, 2.45) is 0 Å². The van der Waals surface area contributed by atoms with Crippen molar-refractivity contribution in [1.29, 1.82) is 0 Å². The molecule has 1 heterocycles. The van der Waals surface area contributed by atoms with Gasteiger partial charge in [0.05, 0.1) is 0 Å². The number of rotatable bonds is 3. The van der Waals surface area contributed by atoms with Crippen molar-refractivity contribution in [2.45, 2.75) is 58.6 Å². The highest BCUT2D eigenvalue weighted by molar-refractivity contribution is 5.68. The first-order valence-corrected chi connectivity index (χ1v) is 7.01. The van der Waals surface area contributed by atoms with Crippen LogP contribution in [0.1, 0.15) is 47.0 Å². The number of hydrogen-bond donors (Lipinski definition) is 0. The smallest absolute Gasteiger partial charge is 0.410 e. The first kappa shape index (κ1) is 15.3. The Bertz CT molecular complexity index is 265. The Morgan fingerprint density at radius 3 is 2.33 bits per heavy atom. The van der Waals surface area contributed by atoms with Crippen LogP contribution in [-0.2, 0) is 4.74 Å². The lowest BCUT2D eigenvalue weighted by Gasteiger charge is -2.37. The Kier molecular flexibility index (Phi) is 5.45. The molecule has 0 aliphatic carbocycles. The van der Waals surface area contributed by atoms with Crippen LogP contribution in [-0.4, -0.2) is 54.2 Å². The van der Waals surface area contributed by atoms with E-state index in [4.69, 9.17) is 4.74 Å². The van der Waals surface area contributed by atoms with Gasteiger partial charge in [0.25, 0.3) is 0 Å². The molecule has 18 heavy (non-hydrogen) atoms. The highest BCUT2D eigenvalue weighted by Crippen LogP contribution is 2.18. The summed E-state index contributed by atoms with van der Waals surface area (Å²) in [6.07, 6.45) is 3.12. The normalized spacial score (nSPS) is 18.2. The molecule has 106 valence electrons. The molecule has 0 N–H and O–H groups in total. The van der Waals surface area contributed by atoms with Gasteiger partial charge in [-0.05, 0) is 53.6 Å². The zero-order valence-electron chi connectivity index (χ0n) is 12.5. The van der Waals surface area contributed by atoms with Gasteiger partial charge in [-0.25, -0.2) is 4.79 Å². The molecule has 0 aromatic rings. The van der Waals surface area contributed by atoms with Crippen LogP contribution in [0.2, 0.25) is 0 Å². The Morgan fingerprint density at radius 2 is 1.89 bits per heavy atom. The van der Waals surface area contributed by atoms with Crippen LogP contribution in [0.5, 0.6) is 0 Å². The second-order valence-corrected chi connectivity index (χ2v) is 6.18. The van der Waals surface area contributed by atoms with E-state index in [1.807, 2.05) is 25.7 Å². The molecule has 0 unspecified atom stereocenters. The minimum atomic E-state index is -0.396. The van der Waals surface area contributed by atoms with Crippen molar-refractivity contribution < 1.29 is 9.53 Å². The summed E-state index contributed by atoms with van der Waals surface area (Å²) in [5.74, 6) is 0. The van der Waals surface area contributed by atoms with Crippen LogP contribution in [0.25, 0.3) is 0 Å². The Hall–Kier alpha value is -0.770. The van der Waals surface area contributed by atoms with Crippen molar-refractivity contribution in [3.63, 3.8) is 0 Å². The van der Waals surface area contributed by atoms with E-state index in [2.05, 4.69) is 18.9 Å². The van der Waals surface area contributed by atoms with Crippen molar-refractivity contribution in [2.75, 3.05) is 26.7 Å². The van der Waals surface area contributed by atoms with E-state index < -0.39 is 5.60 Å². The maximum atomic E-state index is 11.9. The van der Waals surface area contributed by atoms with E-state index >= 15 is 0 Å². The minimum absolute atomic E-state index is 0.168. The van der Waals surface area contributed by atoms with E-state index in [-0.39, 0.29) is 6.09 Å². The average molecular weight is 256 g/mol. The van der Waals surface area contributed by atoms with E-state index in [0.717, 1.165) is 32.5 Å². The fourth-order valence-electron chi connectivity index (χ4n) is 2.35. The zero-order valence-corrected chi connectivity index (χ0v) is 12.5. The summed E-state index contributed by atoms with van der Waals surface area (Å²) < 4.78 is 5.39. The fraction of sp³-hybridized carbons (Fsp3) is 0.929. The molecule has 4 nitrogen and oxygen atoms in total. The number of hydrogen-bond acceptors (Lipinski definition) is 3. The molecule has 0 aromatic heterocycles. The molecule has 4 heteroatoms. The van der Waals surface area contributed by atoms with Gasteiger partial charge in [-0.3, -0.25) is 0 Å². The molecule has 0 aromatic carbocycles. The van der Waals surface area contributed by atoms with Gasteiger partial charge < -0.3 is 14.5 Å². The van der Waals surface area contributed by atoms with Crippen LogP contribution in [0, 0.1) is 0 Å². The highest BCUT2D eigenvalue weighted by Gasteiger charge is 2.27. The summed E-state index contributed by atoms with van der Waals surface area (Å²) in [5, 5.41) is 0. The molecule has 1 aliphatic rings. The molecule has 0 saturated carbocycles. The third-order valence-corrected chi connectivity index (χ3v) is 3.32. The lowest BCUT2D eigenvalue weighted by molar-refractivity contribution is 0.0157. The Labute approximate surface area is 111 Å². The molecule has 0 atom stereocenters. The first-order valence-electron chi connectivity index (χ1n) is 7.01. The van der Waals surface area contributed by atoms with Crippen LogP contribution in [0.15, 0.2) is 0 Å². The summed E-state index contributed by atoms with van der Waals surface area (Å²) in [7, 11) is 2.18. The largest absolute Gasteiger partial charge is 0.444 e. The van der Waals surface area contributed by atoms with Gasteiger partial charge in [0, 0.05) is 19.1 Å².